The Morgan fingerprint density at radius 3 is 2.76 bits per heavy atom. The first kappa shape index (κ1) is 13.3. The Balaban J connectivity index is 2.04. The van der Waals surface area contributed by atoms with Gasteiger partial charge in [0.05, 0.1) is 12.2 Å². The Bertz CT molecular complexity index is 240. The van der Waals surface area contributed by atoms with Gasteiger partial charge in [-0.3, -0.25) is 0 Å². The summed E-state index contributed by atoms with van der Waals surface area (Å²) in [4.78, 5) is 0. The molecule has 4 unspecified atom stereocenters. The smallest absolute Gasteiger partial charge is 0.0834 e. The summed E-state index contributed by atoms with van der Waals surface area (Å²) in [5.74, 6) is 1.22. The van der Waals surface area contributed by atoms with Crippen LogP contribution >= 0.6 is 0 Å². The Kier molecular flexibility index (Phi) is 4.45. The first-order chi connectivity index (χ1) is 8.18. The van der Waals surface area contributed by atoms with Crippen molar-refractivity contribution in [2.75, 3.05) is 20.3 Å². The van der Waals surface area contributed by atoms with Crippen LogP contribution in [-0.2, 0) is 9.47 Å². The lowest BCUT2D eigenvalue weighted by Crippen LogP contribution is -2.57. The summed E-state index contributed by atoms with van der Waals surface area (Å²) in [6.45, 7) is 4.04. The monoisotopic (exact) mass is 241 g/mol. The molecule has 3 heteroatoms. The molecule has 17 heavy (non-hydrogen) atoms. The fourth-order valence-electron chi connectivity index (χ4n) is 3.65. The van der Waals surface area contributed by atoms with Crippen molar-refractivity contribution in [1.82, 2.24) is 0 Å². The second-order valence-electron chi connectivity index (χ2n) is 5.97. The molecule has 0 aromatic heterocycles. The Labute approximate surface area is 105 Å². The molecule has 0 spiro atoms. The summed E-state index contributed by atoms with van der Waals surface area (Å²) in [5, 5.41) is 0. The van der Waals surface area contributed by atoms with Gasteiger partial charge in [-0.25, -0.2) is 0 Å². The third-order valence-electron chi connectivity index (χ3n) is 4.71. The molecule has 1 heterocycles. The molecule has 1 saturated carbocycles. The summed E-state index contributed by atoms with van der Waals surface area (Å²) in [6, 6.07) is 0.135. The van der Waals surface area contributed by atoms with Crippen LogP contribution in [0.3, 0.4) is 0 Å². The minimum Gasteiger partial charge on any atom is -0.381 e. The third kappa shape index (κ3) is 2.83. The van der Waals surface area contributed by atoms with Gasteiger partial charge in [0, 0.05) is 25.7 Å². The van der Waals surface area contributed by atoms with Gasteiger partial charge in [-0.1, -0.05) is 19.8 Å². The Morgan fingerprint density at radius 2 is 2.18 bits per heavy atom. The second-order valence-corrected chi connectivity index (χ2v) is 5.97. The van der Waals surface area contributed by atoms with Crippen molar-refractivity contribution in [2.45, 2.75) is 57.1 Å². The van der Waals surface area contributed by atoms with Crippen LogP contribution < -0.4 is 5.73 Å². The predicted octanol–water partition coefficient (Wildman–Crippen LogP) is 2.34. The van der Waals surface area contributed by atoms with E-state index in [9.17, 15) is 0 Å². The molecule has 0 bridgehead atoms. The molecule has 1 saturated heterocycles. The molecule has 4 atom stereocenters. The van der Waals surface area contributed by atoms with E-state index >= 15 is 0 Å². The van der Waals surface area contributed by atoms with Gasteiger partial charge in [0.25, 0.3) is 0 Å². The molecule has 2 fully saturated rings. The highest BCUT2D eigenvalue weighted by Crippen LogP contribution is 2.39. The molecule has 0 aromatic rings. The van der Waals surface area contributed by atoms with Crippen molar-refractivity contribution in [2.24, 2.45) is 17.6 Å². The Morgan fingerprint density at radius 1 is 1.35 bits per heavy atom. The topological polar surface area (TPSA) is 44.5 Å². The van der Waals surface area contributed by atoms with Gasteiger partial charge < -0.3 is 15.2 Å². The molecule has 2 rings (SSSR count). The number of nitrogens with two attached hydrogens (primary N) is 1. The molecule has 1 aliphatic carbocycles. The molecule has 0 radical (unpaired) electrons. The molecule has 1 aliphatic heterocycles. The summed E-state index contributed by atoms with van der Waals surface area (Å²) in [7, 11) is 1.83. The zero-order valence-electron chi connectivity index (χ0n) is 11.3. The number of rotatable bonds is 3. The van der Waals surface area contributed by atoms with Gasteiger partial charge in [0.2, 0.25) is 0 Å². The fraction of sp³-hybridized carbons (Fsp3) is 1.00. The van der Waals surface area contributed by atoms with Crippen molar-refractivity contribution in [3.05, 3.63) is 0 Å². The summed E-state index contributed by atoms with van der Waals surface area (Å²) in [5.41, 5.74) is 6.43. The minimum atomic E-state index is -0.0942. The van der Waals surface area contributed by atoms with Crippen molar-refractivity contribution in [3.63, 3.8) is 0 Å². The van der Waals surface area contributed by atoms with Gasteiger partial charge in [-0.15, -0.1) is 0 Å². The van der Waals surface area contributed by atoms with Crippen LogP contribution in [0.1, 0.15) is 45.4 Å². The van der Waals surface area contributed by atoms with Crippen molar-refractivity contribution in [1.29, 1.82) is 0 Å². The normalized spacial score (nSPS) is 41.1. The average Bonchev–Trinajstić information content (AvgIpc) is 2.38. The van der Waals surface area contributed by atoms with E-state index in [2.05, 4.69) is 6.92 Å². The van der Waals surface area contributed by atoms with Gasteiger partial charge >= 0.3 is 0 Å². The SMILES string of the molecule is COC1(C(N)C2CCCOC2)CCCC(C)C1. The van der Waals surface area contributed by atoms with Gasteiger partial charge in [0.15, 0.2) is 0 Å². The largest absolute Gasteiger partial charge is 0.381 e. The van der Waals surface area contributed by atoms with Crippen molar-refractivity contribution in [3.8, 4) is 0 Å². The molecular weight excluding hydrogens is 214 g/mol. The van der Waals surface area contributed by atoms with Crippen molar-refractivity contribution >= 4 is 0 Å². The highest BCUT2D eigenvalue weighted by Gasteiger charge is 2.43. The van der Waals surface area contributed by atoms with Gasteiger partial charge in [0.1, 0.15) is 0 Å². The van der Waals surface area contributed by atoms with E-state index in [1.807, 2.05) is 7.11 Å². The number of hydrogen-bond acceptors (Lipinski definition) is 3. The van der Waals surface area contributed by atoms with E-state index in [0.717, 1.165) is 38.4 Å². The molecule has 0 aromatic carbocycles. The molecule has 2 aliphatic rings. The number of methoxy groups -OCH3 is 1. The molecular formula is C14H27NO2. The highest BCUT2D eigenvalue weighted by atomic mass is 16.5. The maximum absolute atomic E-state index is 6.53. The average molecular weight is 241 g/mol. The summed E-state index contributed by atoms with van der Waals surface area (Å²) >= 11 is 0. The highest BCUT2D eigenvalue weighted by molar-refractivity contribution is 4.98. The predicted molar refractivity (Wildman–Crippen MR) is 68.9 cm³/mol. The van der Waals surface area contributed by atoms with E-state index < -0.39 is 0 Å². The van der Waals surface area contributed by atoms with Crippen LogP contribution in [0.5, 0.6) is 0 Å². The van der Waals surface area contributed by atoms with Crippen molar-refractivity contribution < 1.29 is 9.47 Å². The van der Waals surface area contributed by atoms with E-state index in [-0.39, 0.29) is 11.6 Å². The maximum atomic E-state index is 6.53. The quantitative estimate of drug-likeness (QED) is 0.825. The van der Waals surface area contributed by atoms with Crippen LogP contribution in [-0.4, -0.2) is 32.0 Å². The summed E-state index contributed by atoms with van der Waals surface area (Å²) < 4.78 is 11.5. The van der Waals surface area contributed by atoms with E-state index in [1.165, 1.54) is 19.3 Å². The first-order valence-corrected chi connectivity index (χ1v) is 7.06. The third-order valence-corrected chi connectivity index (χ3v) is 4.71. The van der Waals surface area contributed by atoms with Gasteiger partial charge in [-0.2, -0.15) is 0 Å². The number of hydrogen-bond donors (Lipinski definition) is 1. The standard InChI is InChI=1S/C14H27NO2/c1-11-5-3-7-14(9-11,16-2)13(15)12-6-4-8-17-10-12/h11-13H,3-10,15H2,1-2H3. The molecule has 100 valence electrons. The van der Waals surface area contributed by atoms with Crippen LogP contribution in [0, 0.1) is 11.8 Å². The number of ether oxygens (including phenoxy) is 2. The fourth-order valence-corrected chi connectivity index (χ4v) is 3.65. The van der Waals surface area contributed by atoms with Crippen LogP contribution in [0.15, 0.2) is 0 Å². The summed E-state index contributed by atoms with van der Waals surface area (Å²) in [6.07, 6.45) is 7.14. The lowest BCUT2D eigenvalue weighted by Gasteiger charge is -2.46. The van der Waals surface area contributed by atoms with E-state index in [4.69, 9.17) is 15.2 Å². The maximum Gasteiger partial charge on any atom is 0.0834 e. The molecule has 0 amide bonds. The zero-order chi connectivity index (χ0) is 12.3. The lowest BCUT2D eigenvalue weighted by molar-refractivity contribution is -0.0975. The van der Waals surface area contributed by atoms with E-state index in [0.29, 0.717) is 5.92 Å². The van der Waals surface area contributed by atoms with Crippen LogP contribution in [0.4, 0.5) is 0 Å². The zero-order valence-corrected chi connectivity index (χ0v) is 11.3. The Hall–Kier alpha value is -0.120. The lowest BCUT2D eigenvalue weighted by atomic mass is 9.70. The first-order valence-electron chi connectivity index (χ1n) is 7.06. The van der Waals surface area contributed by atoms with E-state index in [1.54, 1.807) is 0 Å². The van der Waals surface area contributed by atoms with Gasteiger partial charge in [-0.05, 0) is 31.6 Å². The molecule has 3 nitrogen and oxygen atoms in total. The van der Waals surface area contributed by atoms with Crippen LogP contribution in [0.25, 0.3) is 0 Å². The second kappa shape index (κ2) is 5.68. The van der Waals surface area contributed by atoms with Crippen LogP contribution in [0.2, 0.25) is 0 Å². The minimum absolute atomic E-state index is 0.0942. The molecule has 2 N–H and O–H groups in total.